The second-order valence-corrected chi connectivity index (χ2v) is 4.87. The highest BCUT2D eigenvalue weighted by molar-refractivity contribution is 5.27. The van der Waals surface area contributed by atoms with Gasteiger partial charge in [-0.3, -0.25) is 4.90 Å². The lowest BCUT2D eigenvalue weighted by Crippen LogP contribution is -2.31. The molecular formula is C14H14F2N4. The van der Waals surface area contributed by atoms with E-state index in [-0.39, 0.29) is 5.95 Å². The van der Waals surface area contributed by atoms with Gasteiger partial charge in [0.25, 0.3) is 0 Å². The third-order valence-electron chi connectivity index (χ3n) is 3.46. The number of nitrogen functional groups attached to an aromatic ring is 1. The predicted molar refractivity (Wildman–Crippen MR) is 70.6 cm³/mol. The molecule has 0 saturated carbocycles. The number of hydrogen-bond acceptors (Lipinski definition) is 4. The summed E-state index contributed by atoms with van der Waals surface area (Å²) >= 11 is 0. The number of benzene rings is 1. The fourth-order valence-corrected chi connectivity index (χ4v) is 2.44. The second kappa shape index (κ2) is 5.13. The molecule has 2 aromatic rings. The summed E-state index contributed by atoms with van der Waals surface area (Å²) in [7, 11) is 0. The van der Waals surface area contributed by atoms with Crippen LogP contribution in [-0.4, -0.2) is 21.4 Å². The highest BCUT2D eigenvalue weighted by Gasteiger charge is 2.19. The second-order valence-electron chi connectivity index (χ2n) is 4.87. The number of nitrogens with two attached hydrogens (primary N) is 1. The smallest absolute Gasteiger partial charge is 0.220 e. The van der Waals surface area contributed by atoms with E-state index in [1.807, 2.05) is 4.90 Å². The van der Waals surface area contributed by atoms with Gasteiger partial charge in [-0.15, -0.1) is 0 Å². The van der Waals surface area contributed by atoms with Crippen molar-refractivity contribution in [1.82, 2.24) is 14.9 Å². The molecule has 4 nitrogen and oxygen atoms in total. The lowest BCUT2D eigenvalue weighted by atomic mass is 10.1. The van der Waals surface area contributed by atoms with Gasteiger partial charge in [0.1, 0.15) is 0 Å². The Morgan fingerprint density at radius 1 is 1.30 bits per heavy atom. The Morgan fingerprint density at radius 2 is 2.15 bits per heavy atom. The summed E-state index contributed by atoms with van der Waals surface area (Å²) in [4.78, 5) is 10.2. The number of anilines is 1. The van der Waals surface area contributed by atoms with E-state index in [1.54, 1.807) is 12.3 Å². The fraction of sp³-hybridized carbons (Fsp3) is 0.286. The number of rotatable bonds is 2. The molecule has 1 aromatic carbocycles. The van der Waals surface area contributed by atoms with Crippen LogP contribution in [0.25, 0.3) is 0 Å². The molecule has 0 spiro atoms. The normalized spacial score (nSPS) is 15.1. The van der Waals surface area contributed by atoms with Gasteiger partial charge >= 0.3 is 0 Å². The van der Waals surface area contributed by atoms with Crippen LogP contribution in [0, 0.1) is 11.6 Å². The summed E-state index contributed by atoms with van der Waals surface area (Å²) < 4.78 is 26.9. The molecule has 1 aliphatic rings. The molecule has 0 unspecified atom stereocenters. The SMILES string of the molecule is Nc1ncc2c(n1)CCN(Cc1cccc(F)c1F)C2. The van der Waals surface area contributed by atoms with E-state index < -0.39 is 11.6 Å². The molecular weight excluding hydrogens is 262 g/mol. The van der Waals surface area contributed by atoms with Gasteiger partial charge in [-0.2, -0.15) is 0 Å². The van der Waals surface area contributed by atoms with Gasteiger partial charge in [-0.25, -0.2) is 18.7 Å². The van der Waals surface area contributed by atoms with Gasteiger partial charge in [0.05, 0.1) is 5.69 Å². The van der Waals surface area contributed by atoms with E-state index in [0.29, 0.717) is 18.7 Å². The molecule has 1 aromatic heterocycles. The minimum absolute atomic E-state index is 0.272. The molecule has 0 radical (unpaired) electrons. The Hall–Kier alpha value is -2.08. The maximum absolute atomic E-state index is 13.7. The molecule has 3 rings (SSSR count). The first kappa shape index (κ1) is 12.9. The summed E-state index contributed by atoms with van der Waals surface area (Å²) in [5, 5.41) is 0. The summed E-state index contributed by atoms with van der Waals surface area (Å²) in [6.45, 7) is 1.72. The van der Waals surface area contributed by atoms with Gasteiger partial charge < -0.3 is 5.73 Å². The Labute approximate surface area is 115 Å². The molecule has 104 valence electrons. The Balaban J connectivity index is 1.77. The van der Waals surface area contributed by atoms with E-state index in [0.717, 1.165) is 30.3 Å². The molecule has 0 atom stereocenters. The van der Waals surface area contributed by atoms with Gasteiger partial charge in [-0.05, 0) is 6.07 Å². The van der Waals surface area contributed by atoms with Gasteiger partial charge in [0.2, 0.25) is 5.95 Å². The van der Waals surface area contributed by atoms with Crippen molar-refractivity contribution in [3.63, 3.8) is 0 Å². The Bertz CT molecular complexity index is 645. The number of fused-ring (bicyclic) bond motifs is 1. The van der Waals surface area contributed by atoms with Crippen LogP contribution in [0.4, 0.5) is 14.7 Å². The van der Waals surface area contributed by atoms with Crippen molar-refractivity contribution < 1.29 is 8.78 Å². The molecule has 0 aliphatic carbocycles. The third kappa shape index (κ3) is 2.46. The highest BCUT2D eigenvalue weighted by atomic mass is 19.2. The highest BCUT2D eigenvalue weighted by Crippen LogP contribution is 2.20. The van der Waals surface area contributed by atoms with Crippen LogP contribution in [0.5, 0.6) is 0 Å². The van der Waals surface area contributed by atoms with Gasteiger partial charge in [0.15, 0.2) is 11.6 Å². The van der Waals surface area contributed by atoms with Gasteiger partial charge in [0, 0.05) is 43.4 Å². The number of hydrogen-bond donors (Lipinski definition) is 1. The van der Waals surface area contributed by atoms with Crippen molar-refractivity contribution in [2.24, 2.45) is 0 Å². The fourth-order valence-electron chi connectivity index (χ4n) is 2.44. The topological polar surface area (TPSA) is 55.0 Å². The van der Waals surface area contributed by atoms with E-state index in [9.17, 15) is 8.78 Å². The molecule has 0 amide bonds. The molecule has 2 N–H and O–H groups in total. The van der Waals surface area contributed by atoms with Crippen molar-refractivity contribution in [3.8, 4) is 0 Å². The molecule has 0 bridgehead atoms. The summed E-state index contributed by atoms with van der Waals surface area (Å²) in [5.41, 5.74) is 7.84. The van der Waals surface area contributed by atoms with E-state index in [1.165, 1.54) is 6.07 Å². The van der Waals surface area contributed by atoms with Crippen LogP contribution in [0.2, 0.25) is 0 Å². The van der Waals surface area contributed by atoms with Gasteiger partial charge in [-0.1, -0.05) is 12.1 Å². The quantitative estimate of drug-likeness (QED) is 0.910. The molecule has 6 heteroatoms. The van der Waals surface area contributed by atoms with Crippen LogP contribution >= 0.6 is 0 Å². The lowest BCUT2D eigenvalue weighted by Gasteiger charge is -2.28. The maximum Gasteiger partial charge on any atom is 0.220 e. The molecule has 0 fully saturated rings. The zero-order chi connectivity index (χ0) is 14.1. The zero-order valence-electron chi connectivity index (χ0n) is 10.8. The van der Waals surface area contributed by atoms with Crippen molar-refractivity contribution in [1.29, 1.82) is 0 Å². The predicted octanol–water partition coefficient (Wildman–Crippen LogP) is 1.90. The largest absolute Gasteiger partial charge is 0.368 e. The van der Waals surface area contributed by atoms with Crippen LogP contribution < -0.4 is 5.73 Å². The summed E-state index contributed by atoms with van der Waals surface area (Å²) in [6, 6.07) is 4.25. The molecule has 20 heavy (non-hydrogen) atoms. The minimum Gasteiger partial charge on any atom is -0.368 e. The summed E-state index contributed by atoms with van der Waals surface area (Å²) in [6.07, 6.45) is 2.44. The molecule has 2 heterocycles. The minimum atomic E-state index is -0.809. The van der Waals surface area contributed by atoms with Crippen LogP contribution in [-0.2, 0) is 19.5 Å². The van der Waals surface area contributed by atoms with E-state index in [2.05, 4.69) is 9.97 Å². The Morgan fingerprint density at radius 3 is 3.00 bits per heavy atom. The average molecular weight is 276 g/mol. The zero-order valence-corrected chi connectivity index (χ0v) is 10.8. The third-order valence-corrected chi connectivity index (χ3v) is 3.46. The Kier molecular flexibility index (Phi) is 3.31. The van der Waals surface area contributed by atoms with Crippen molar-refractivity contribution in [2.75, 3.05) is 12.3 Å². The van der Waals surface area contributed by atoms with Crippen molar-refractivity contribution >= 4 is 5.95 Å². The van der Waals surface area contributed by atoms with Crippen molar-refractivity contribution in [2.45, 2.75) is 19.5 Å². The van der Waals surface area contributed by atoms with Crippen LogP contribution in [0.15, 0.2) is 24.4 Å². The van der Waals surface area contributed by atoms with E-state index >= 15 is 0 Å². The number of nitrogens with zero attached hydrogens (tertiary/aromatic N) is 3. The monoisotopic (exact) mass is 276 g/mol. The maximum atomic E-state index is 13.7. The van der Waals surface area contributed by atoms with Crippen LogP contribution in [0.1, 0.15) is 16.8 Å². The number of aromatic nitrogens is 2. The van der Waals surface area contributed by atoms with Crippen molar-refractivity contribution in [3.05, 3.63) is 52.9 Å². The first-order valence-electron chi connectivity index (χ1n) is 6.39. The standard InChI is InChI=1S/C14H14F2N4/c15-11-3-1-2-9(13(11)16)7-20-5-4-12-10(8-20)6-18-14(17)19-12/h1-3,6H,4-5,7-8H2,(H2,17,18,19). The number of halogens is 2. The summed E-state index contributed by atoms with van der Waals surface area (Å²) in [5.74, 6) is -1.31. The lowest BCUT2D eigenvalue weighted by molar-refractivity contribution is 0.238. The first-order chi connectivity index (χ1) is 9.63. The van der Waals surface area contributed by atoms with Crippen LogP contribution in [0.3, 0.4) is 0 Å². The van der Waals surface area contributed by atoms with E-state index in [4.69, 9.17) is 5.73 Å². The molecule has 1 aliphatic heterocycles. The molecule has 0 saturated heterocycles. The average Bonchev–Trinajstić information content (AvgIpc) is 2.44. The first-order valence-corrected chi connectivity index (χ1v) is 6.39.